The van der Waals surface area contributed by atoms with Crippen molar-refractivity contribution in [2.24, 2.45) is 0 Å². The van der Waals surface area contributed by atoms with E-state index in [9.17, 15) is 14.4 Å². The van der Waals surface area contributed by atoms with Gasteiger partial charge in [-0.2, -0.15) is 0 Å². The number of hydrogen-bond donors (Lipinski definition) is 1. The topological polar surface area (TPSA) is 88.3 Å². The normalized spacial score (nSPS) is 14.3. The molecule has 1 N–H and O–H groups in total. The van der Waals surface area contributed by atoms with Crippen molar-refractivity contribution in [3.05, 3.63) is 57.3 Å². The van der Waals surface area contributed by atoms with Crippen LogP contribution in [0.15, 0.2) is 39.7 Å². The predicted molar refractivity (Wildman–Crippen MR) is 95.7 cm³/mol. The van der Waals surface area contributed by atoms with E-state index in [-0.39, 0.29) is 18.2 Å². The molecule has 3 aromatic rings. The van der Waals surface area contributed by atoms with E-state index >= 15 is 0 Å². The average molecular weight is 374 g/mol. The van der Waals surface area contributed by atoms with Gasteiger partial charge in [0.25, 0.3) is 5.91 Å². The Bertz CT molecular complexity index is 1060. The molecule has 134 valence electrons. The lowest BCUT2D eigenvalue weighted by Gasteiger charge is -2.13. The monoisotopic (exact) mass is 373 g/mol. The lowest BCUT2D eigenvalue weighted by molar-refractivity contribution is 0.0787. The van der Waals surface area contributed by atoms with Crippen LogP contribution in [-0.2, 0) is 6.54 Å². The number of likely N-dealkylation sites (tertiary alicyclic amines) is 1. The summed E-state index contributed by atoms with van der Waals surface area (Å²) in [5.74, 6) is -1.02. The van der Waals surface area contributed by atoms with Crippen LogP contribution >= 0.6 is 11.6 Å². The highest BCUT2D eigenvalue weighted by atomic mass is 35.5. The number of nitrogens with zero attached hydrogens (tertiary/aromatic N) is 2. The number of aromatic nitrogens is 2. The van der Waals surface area contributed by atoms with Crippen LogP contribution in [0, 0.1) is 0 Å². The molecule has 8 heteroatoms. The van der Waals surface area contributed by atoms with Crippen LogP contribution in [0.2, 0.25) is 5.02 Å². The third-order valence-corrected chi connectivity index (χ3v) is 4.80. The Morgan fingerprint density at radius 1 is 1.19 bits per heavy atom. The van der Waals surface area contributed by atoms with Gasteiger partial charge < -0.3 is 14.3 Å². The number of nitrogens with one attached hydrogen (secondary N) is 1. The molecule has 26 heavy (non-hydrogen) atoms. The number of carbonyl (C=O) groups is 2. The Morgan fingerprint density at radius 2 is 1.96 bits per heavy atom. The summed E-state index contributed by atoms with van der Waals surface area (Å²) in [7, 11) is 0. The molecule has 1 saturated heterocycles. The molecule has 1 aliphatic heterocycles. The Labute approximate surface area is 153 Å². The highest BCUT2D eigenvalue weighted by Gasteiger charge is 2.22. The number of fused-ring (bicyclic) bond motifs is 1. The smallest absolute Gasteiger partial charge is 0.408 e. The predicted octanol–water partition coefficient (Wildman–Crippen LogP) is 2.69. The van der Waals surface area contributed by atoms with Crippen LogP contribution in [0.5, 0.6) is 0 Å². The molecule has 0 unspecified atom stereocenters. The van der Waals surface area contributed by atoms with Gasteiger partial charge in [-0.1, -0.05) is 11.6 Å². The number of aromatic amines is 1. The van der Waals surface area contributed by atoms with E-state index in [0.29, 0.717) is 27.4 Å². The lowest BCUT2D eigenvalue weighted by Crippen LogP contribution is -2.27. The number of benzene rings is 1. The number of carbonyl (C=O) groups excluding carboxylic acids is 2. The molecule has 0 saturated carbocycles. The maximum absolute atomic E-state index is 12.6. The zero-order chi connectivity index (χ0) is 18.3. The number of hydrogen-bond acceptors (Lipinski definition) is 4. The van der Waals surface area contributed by atoms with Crippen molar-refractivity contribution in [3.8, 4) is 0 Å². The Hall–Kier alpha value is -2.80. The summed E-state index contributed by atoms with van der Waals surface area (Å²) >= 11 is 5.89. The summed E-state index contributed by atoms with van der Waals surface area (Å²) in [5.41, 5.74) is 1.56. The van der Waals surface area contributed by atoms with Gasteiger partial charge in [-0.05, 0) is 31.0 Å². The molecule has 1 aromatic carbocycles. The third kappa shape index (κ3) is 2.94. The quantitative estimate of drug-likeness (QED) is 0.712. The highest BCUT2D eigenvalue weighted by Crippen LogP contribution is 2.19. The fraction of sp³-hybridized carbons (Fsp3) is 0.278. The van der Waals surface area contributed by atoms with Crippen LogP contribution < -0.4 is 5.76 Å². The summed E-state index contributed by atoms with van der Waals surface area (Å²) in [6.07, 6.45) is 3.49. The molecular weight excluding hydrogens is 358 g/mol. The molecule has 3 heterocycles. The summed E-state index contributed by atoms with van der Waals surface area (Å²) in [5, 5.41) is 0.445. The minimum Gasteiger partial charge on any atom is -0.408 e. The zero-order valence-electron chi connectivity index (χ0n) is 13.8. The van der Waals surface area contributed by atoms with E-state index < -0.39 is 5.76 Å². The number of H-pyrrole nitrogens is 1. The average Bonchev–Trinajstić information content (AvgIpc) is 3.34. The Balaban J connectivity index is 1.57. The Morgan fingerprint density at radius 3 is 2.73 bits per heavy atom. The maximum Gasteiger partial charge on any atom is 0.420 e. The van der Waals surface area contributed by atoms with Gasteiger partial charge in [-0.25, -0.2) is 4.79 Å². The van der Waals surface area contributed by atoms with Crippen LogP contribution in [0.3, 0.4) is 0 Å². The summed E-state index contributed by atoms with van der Waals surface area (Å²) in [6, 6.07) is 6.33. The van der Waals surface area contributed by atoms with Crippen molar-refractivity contribution in [1.29, 1.82) is 0 Å². The van der Waals surface area contributed by atoms with E-state index in [4.69, 9.17) is 16.0 Å². The molecule has 0 bridgehead atoms. The first-order chi connectivity index (χ1) is 12.5. The number of amides is 1. The van der Waals surface area contributed by atoms with Crippen molar-refractivity contribution in [2.75, 3.05) is 13.1 Å². The Kier molecular flexibility index (Phi) is 4.16. The number of oxazole rings is 1. The third-order valence-electron chi connectivity index (χ3n) is 4.56. The summed E-state index contributed by atoms with van der Waals surface area (Å²) in [4.78, 5) is 41.6. The second kappa shape index (κ2) is 6.49. The van der Waals surface area contributed by atoms with Gasteiger partial charge in [0.2, 0.25) is 0 Å². The van der Waals surface area contributed by atoms with E-state index in [2.05, 4.69) is 4.98 Å². The number of Topliss-reactive ketones (excluding diaryl/α,β-unsaturated/α-hetero) is 1. The van der Waals surface area contributed by atoms with Crippen molar-refractivity contribution in [2.45, 2.75) is 19.4 Å². The SMILES string of the molecule is O=C(Cn1c(=O)oc2cc(Cl)ccc21)c1c[nH]c(C(=O)N2CCCC2)c1. The minimum absolute atomic E-state index is 0.109. The van der Waals surface area contributed by atoms with Gasteiger partial charge >= 0.3 is 5.76 Å². The fourth-order valence-corrected chi connectivity index (χ4v) is 3.36. The van der Waals surface area contributed by atoms with E-state index in [0.717, 1.165) is 25.9 Å². The fourth-order valence-electron chi connectivity index (χ4n) is 3.19. The largest absolute Gasteiger partial charge is 0.420 e. The second-order valence-corrected chi connectivity index (χ2v) is 6.73. The highest BCUT2D eigenvalue weighted by molar-refractivity contribution is 6.31. The van der Waals surface area contributed by atoms with Crippen molar-refractivity contribution in [3.63, 3.8) is 0 Å². The minimum atomic E-state index is -0.625. The number of ketones is 1. The molecule has 7 nitrogen and oxygen atoms in total. The van der Waals surface area contributed by atoms with Crippen LogP contribution in [0.25, 0.3) is 11.1 Å². The first-order valence-electron chi connectivity index (χ1n) is 8.33. The molecule has 1 aliphatic rings. The van der Waals surface area contributed by atoms with E-state index in [1.165, 1.54) is 22.9 Å². The van der Waals surface area contributed by atoms with Gasteiger partial charge in [-0.15, -0.1) is 0 Å². The van der Waals surface area contributed by atoms with E-state index in [1.54, 1.807) is 17.0 Å². The molecule has 1 amide bonds. The van der Waals surface area contributed by atoms with Crippen LogP contribution in [0.1, 0.15) is 33.7 Å². The first kappa shape index (κ1) is 16.7. The number of halogens is 1. The number of rotatable bonds is 4. The van der Waals surface area contributed by atoms with Crippen molar-refractivity contribution >= 4 is 34.4 Å². The van der Waals surface area contributed by atoms with Gasteiger partial charge in [0.1, 0.15) is 5.69 Å². The molecule has 0 spiro atoms. The first-order valence-corrected chi connectivity index (χ1v) is 8.70. The zero-order valence-corrected chi connectivity index (χ0v) is 14.6. The van der Waals surface area contributed by atoms with Crippen molar-refractivity contribution < 1.29 is 14.0 Å². The van der Waals surface area contributed by atoms with Crippen molar-refractivity contribution in [1.82, 2.24) is 14.5 Å². The molecule has 1 fully saturated rings. The molecular formula is C18H16ClN3O4. The summed E-state index contributed by atoms with van der Waals surface area (Å²) in [6.45, 7) is 1.29. The molecule has 2 aromatic heterocycles. The van der Waals surface area contributed by atoms with Gasteiger partial charge in [0, 0.05) is 35.9 Å². The summed E-state index contributed by atoms with van der Waals surface area (Å²) < 4.78 is 6.38. The van der Waals surface area contributed by atoms with Gasteiger partial charge in [0.05, 0.1) is 12.1 Å². The van der Waals surface area contributed by atoms with E-state index in [1.807, 2.05) is 0 Å². The van der Waals surface area contributed by atoms with Gasteiger partial charge in [-0.3, -0.25) is 14.2 Å². The van der Waals surface area contributed by atoms with Crippen LogP contribution in [-0.4, -0.2) is 39.2 Å². The van der Waals surface area contributed by atoms with Crippen LogP contribution in [0.4, 0.5) is 0 Å². The lowest BCUT2D eigenvalue weighted by atomic mass is 10.2. The molecule has 0 radical (unpaired) electrons. The molecule has 0 atom stereocenters. The second-order valence-electron chi connectivity index (χ2n) is 6.29. The standard InChI is InChI=1S/C18H16ClN3O4/c19-12-3-4-14-16(8-12)26-18(25)22(14)10-15(23)11-7-13(20-9-11)17(24)21-5-1-2-6-21/h3-4,7-9,20H,1-2,5-6,10H2. The maximum atomic E-state index is 12.6. The molecule has 4 rings (SSSR count). The molecule has 0 aliphatic carbocycles. The van der Waals surface area contributed by atoms with Gasteiger partial charge in [0.15, 0.2) is 11.4 Å².